The van der Waals surface area contributed by atoms with E-state index in [0.29, 0.717) is 17.6 Å². The molecule has 198 valence electrons. The van der Waals surface area contributed by atoms with Gasteiger partial charge in [0.2, 0.25) is 5.91 Å². The fourth-order valence-electron chi connectivity index (χ4n) is 3.55. The summed E-state index contributed by atoms with van der Waals surface area (Å²) in [5, 5.41) is 13.0. The lowest BCUT2D eigenvalue weighted by atomic mass is 9.93. The maximum atomic E-state index is 14.0. The van der Waals surface area contributed by atoms with E-state index < -0.39 is 23.8 Å². The second-order valence-corrected chi connectivity index (χ2v) is 7.79. The number of nitrogens with one attached hydrogen (secondary N) is 2. The van der Waals surface area contributed by atoms with Gasteiger partial charge in [-0.3, -0.25) is 14.6 Å². The predicted molar refractivity (Wildman–Crippen MR) is 128 cm³/mol. The second-order valence-electron chi connectivity index (χ2n) is 7.79. The van der Waals surface area contributed by atoms with Crippen molar-refractivity contribution in [2.45, 2.75) is 38.6 Å². The number of alkyl halides is 3. The quantitative estimate of drug-likeness (QED) is 0.275. The molecule has 0 bridgehead atoms. The van der Waals surface area contributed by atoms with E-state index in [4.69, 9.17) is 9.90 Å². The third-order valence-electron chi connectivity index (χ3n) is 5.29. The number of carboxylic acid groups (broad SMARTS) is 1. The van der Waals surface area contributed by atoms with Gasteiger partial charge in [-0.15, -0.1) is 13.2 Å². The number of anilines is 1. The normalized spacial score (nSPS) is 11.6. The summed E-state index contributed by atoms with van der Waals surface area (Å²) < 4.78 is 55.1. The molecule has 0 aliphatic carbocycles. The fourth-order valence-corrected chi connectivity index (χ4v) is 3.55. The van der Waals surface area contributed by atoms with Crippen LogP contribution in [0.2, 0.25) is 0 Å². The molecule has 0 saturated carbocycles. The monoisotopic (exact) mass is 523 g/mol. The van der Waals surface area contributed by atoms with Gasteiger partial charge in [0.05, 0.1) is 11.2 Å². The molecule has 1 atom stereocenters. The van der Waals surface area contributed by atoms with Crippen molar-refractivity contribution in [2.75, 3.05) is 12.4 Å². The molecule has 2 aromatic carbocycles. The molecule has 12 heteroatoms. The fraction of sp³-hybridized carbons (Fsp3) is 0.280. The van der Waals surface area contributed by atoms with Crippen molar-refractivity contribution in [1.29, 1.82) is 0 Å². The molecule has 8 nitrogen and oxygen atoms in total. The van der Waals surface area contributed by atoms with E-state index in [0.717, 1.165) is 41.0 Å². The minimum atomic E-state index is -4.87. The summed E-state index contributed by atoms with van der Waals surface area (Å²) in [6.07, 6.45) is -3.49. The highest BCUT2D eigenvalue weighted by molar-refractivity contribution is 5.82. The van der Waals surface area contributed by atoms with E-state index in [1.165, 1.54) is 7.05 Å². The van der Waals surface area contributed by atoms with Crippen LogP contribution in [0, 0.1) is 12.7 Å². The van der Waals surface area contributed by atoms with Crippen LogP contribution in [0.1, 0.15) is 35.6 Å². The van der Waals surface area contributed by atoms with Crippen LogP contribution in [0.4, 0.5) is 23.2 Å². The molecule has 0 fully saturated rings. The molecule has 0 saturated heterocycles. The Morgan fingerprint density at radius 3 is 2.49 bits per heavy atom. The molecule has 1 unspecified atom stereocenters. The van der Waals surface area contributed by atoms with Gasteiger partial charge in [0.15, 0.2) is 0 Å². The summed E-state index contributed by atoms with van der Waals surface area (Å²) in [4.78, 5) is 36.1. The van der Waals surface area contributed by atoms with Crippen molar-refractivity contribution in [3.63, 3.8) is 0 Å². The van der Waals surface area contributed by atoms with Crippen molar-refractivity contribution in [3.05, 3.63) is 65.1 Å². The highest BCUT2D eigenvalue weighted by Gasteiger charge is 2.31. The minimum Gasteiger partial charge on any atom is -0.483 e. The van der Waals surface area contributed by atoms with Crippen molar-refractivity contribution >= 4 is 35.3 Å². The third kappa shape index (κ3) is 8.74. The molecule has 1 heterocycles. The number of aromatic nitrogens is 1. The van der Waals surface area contributed by atoms with Crippen LogP contribution < -0.4 is 15.4 Å². The Balaban J connectivity index is 0.00000153. The number of pyridine rings is 1. The third-order valence-corrected chi connectivity index (χ3v) is 5.29. The zero-order valence-electron chi connectivity index (χ0n) is 19.9. The molecule has 3 aromatic rings. The van der Waals surface area contributed by atoms with E-state index >= 15 is 0 Å². The standard InChI is InChI=1S/C24H23F4N3O3.CH2O2/c1-14-19(17(13-32)5-8-23(33)29-2)10-16-4-3-15(9-21(16)31-14)12-30-22-11-18(6-7-20(22)25)34-24(26,27)28;2-1-3/h3-4,6-7,9-11,13,17,30H,5,8,12H2,1-2H3,(H,29,33);1H,(H,2,3). The molecule has 0 aliphatic rings. The van der Waals surface area contributed by atoms with Gasteiger partial charge in [-0.2, -0.15) is 0 Å². The van der Waals surface area contributed by atoms with Crippen molar-refractivity contribution in [2.24, 2.45) is 0 Å². The van der Waals surface area contributed by atoms with E-state index in [-0.39, 0.29) is 31.0 Å². The Labute approximate surface area is 209 Å². The number of hydrogen-bond donors (Lipinski definition) is 3. The molecule has 1 aromatic heterocycles. The van der Waals surface area contributed by atoms with Gasteiger partial charge in [-0.1, -0.05) is 12.1 Å². The van der Waals surface area contributed by atoms with Crippen LogP contribution in [0.25, 0.3) is 10.9 Å². The maximum absolute atomic E-state index is 14.0. The number of carbonyl (C=O) groups is 3. The van der Waals surface area contributed by atoms with E-state index in [1.807, 2.05) is 6.07 Å². The van der Waals surface area contributed by atoms with Crippen LogP contribution in [-0.4, -0.2) is 42.2 Å². The van der Waals surface area contributed by atoms with E-state index in [1.54, 1.807) is 25.1 Å². The van der Waals surface area contributed by atoms with Gasteiger partial charge in [0, 0.05) is 43.1 Å². The number of aldehydes is 1. The van der Waals surface area contributed by atoms with Crippen LogP contribution in [0.15, 0.2) is 42.5 Å². The SMILES string of the molecule is CNC(=O)CCC(C=O)c1cc2ccc(CNc3cc(OC(F)(F)F)ccc3F)cc2nc1C.O=CO. The highest BCUT2D eigenvalue weighted by atomic mass is 19.4. The molecular weight excluding hydrogens is 498 g/mol. The van der Waals surface area contributed by atoms with Gasteiger partial charge in [0.1, 0.15) is 17.9 Å². The lowest BCUT2D eigenvalue weighted by molar-refractivity contribution is -0.274. The second kappa shape index (κ2) is 13.2. The summed E-state index contributed by atoms with van der Waals surface area (Å²) in [5.74, 6) is -1.86. The van der Waals surface area contributed by atoms with E-state index in [9.17, 15) is 27.2 Å². The average Bonchev–Trinajstić information content (AvgIpc) is 2.84. The Bertz CT molecular complexity index is 1250. The Morgan fingerprint density at radius 2 is 1.86 bits per heavy atom. The van der Waals surface area contributed by atoms with Crippen LogP contribution in [0.3, 0.4) is 0 Å². The molecular formula is C25H25F4N3O5. The first-order valence-electron chi connectivity index (χ1n) is 10.9. The lowest BCUT2D eigenvalue weighted by Gasteiger charge is -2.15. The Morgan fingerprint density at radius 1 is 1.16 bits per heavy atom. The molecule has 0 radical (unpaired) electrons. The number of carbonyl (C=O) groups excluding carboxylic acids is 2. The highest BCUT2D eigenvalue weighted by Crippen LogP contribution is 2.29. The number of ether oxygens (including phenoxy) is 1. The molecule has 1 amide bonds. The van der Waals surface area contributed by atoms with E-state index in [2.05, 4.69) is 20.4 Å². The Kier molecular flexibility index (Phi) is 10.3. The van der Waals surface area contributed by atoms with Gasteiger partial charge in [-0.05, 0) is 48.7 Å². The van der Waals surface area contributed by atoms with Crippen LogP contribution in [-0.2, 0) is 20.9 Å². The number of fused-ring (bicyclic) bond motifs is 1. The molecule has 0 spiro atoms. The molecule has 0 aliphatic heterocycles. The number of benzene rings is 2. The summed E-state index contributed by atoms with van der Waals surface area (Å²) in [6, 6.07) is 9.92. The first-order chi connectivity index (χ1) is 17.5. The smallest absolute Gasteiger partial charge is 0.483 e. The Hall–Kier alpha value is -4.22. The van der Waals surface area contributed by atoms with Gasteiger partial charge in [-0.25, -0.2) is 4.39 Å². The van der Waals surface area contributed by atoms with Crippen molar-refractivity contribution in [1.82, 2.24) is 10.3 Å². The summed E-state index contributed by atoms with van der Waals surface area (Å²) in [6.45, 7) is 1.66. The summed E-state index contributed by atoms with van der Waals surface area (Å²) in [7, 11) is 1.54. The number of nitrogens with zero attached hydrogens (tertiary/aromatic N) is 1. The molecule has 3 N–H and O–H groups in total. The number of aryl methyl sites for hydroxylation is 1. The van der Waals surface area contributed by atoms with Crippen molar-refractivity contribution < 1.29 is 41.8 Å². The molecule has 37 heavy (non-hydrogen) atoms. The predicted octanol–water partition coefficient (Wildman–Crippen LogP) is 4.70. The van der Waals surface area contributed by atoms with Crippen LogP contribution in [0.5, 0.6) is 5.75 Å². The largest absolute Gasteiger partial charge is 0.573 e. The minimum absolute atomic E-state index is 0.133. The zero-order valence-corrected chi connectivity index (χ0v) is 19.9. The van der Waals surface area contributed by atoms with Crippen LogP contribution >= 0.6 is 0 Å². The maximum Gasteiger partial charge on any atom is 0.573 e. The summed E-state index contributed by atoms with van der Waals surface area (Å²) >= 11 is 0. The van der Waals surface area contributed by atoms with Crippen molar-refractivity contribution in [3.8, 4) is 5.75 Å². The first kappa shape index (κ1) is 29.0. The number of hydrogen-bond acceptors (Lipinski definition) is 6. The molecule has 3 rings (SSSR count). The summed E-state index contributed by atoms with van der Waals surface area (Å²) in [5.41, 5.74) is 2.62. The first-order valence-corrected chi connectivity index (χ1v) is 10.9. The van der Waals surface area contributed by atoms with Gasteiger partial charge >= 0.3 is 6.36 Å². The zero-order chi connectivity index (χ0) is 27.6. The number of amides is 1. The lowest BCUT2D eigenvalue weighted by Crippen LogP contribution is -2.18. The average molecular weight is 523 g/mol. The topological polar surface area (TPSA) is 118 Å². The number of rotatable bonds is 9. The van der Waals surface area contributed by atoms with Gasteiger partial charge in [0.25, 0.3) is 6.47 Å². The number of halogens is 4. The van der Waals surface area contributed by atoms with Gasteiger partial charge < -0.3 is 25.3 Å².